The number of pyridine rings is 1. The average molecular weight is 239 g/mol. The van der Waals surface area contributed by atoms with Gasteiger partial charge in [-0.1, -0.05) is 6.42 Å². The molecule has 18 heavy (non-hydrogen) atoms. The van der Waals surface area contributed by atoms with Crippen LogP contribution in [0, 0.1) is 11.3 Å². The fourth-order valence-corrected chi connectivity index (χ4v) is 2.21. The first-order valence-electron chi connectivity index (χ1n) is 6.00. The minimum absolute atomic E-state index is 0.389. The third kappa shape index (κ3) is 1.54. The Bertz CT molecular complexity index is 604. The van der Waals surface area contributed by atoms with Crippen LogP contribution in [0.4, 0.5) is 5.82 Å². The number of rotatable bonds is 2. The van der Waals surface area contributed by atoms with Crippen molar-refractivity contribution < 1.29 is 0 Å². The highest BCUT2D eigenvalue weighted by molar-refractivity contribution is 5.56. The molecule has 2 N–H and O–H groups in total. The quantitative estimate of drug-likeness (QED) is 0.869. The SMILES string of the molecule is N#Cc1c(C2CCC2)nn(-c2cccnc2)c1N. The first-order chi connectivity index (χ1) is 8.81. The van der Waals surface area contributed by atoms with Crippen LogP contribution in [0.1, 0.15) is 36.4 Å². The molecule has 0 unspecified atom stereocenters. The fourth-order valence-electron chi connectivity index (χ4n) is 2.21. The molecule has 2 aromatic heterocycles. The van der Waals surface area contributed by atoms with Gasteiger partial charge < -0.3 is 5.73 Å². The Labute approximate surface area is 105 Å². The molecule has 0 saturated heterocycles. The molecule has 0 aliphatic heterocycles. The van der Waals surface area contributed by atoms with Crippen LogP contribution in [0.5, 0.6) is 0 Å². The van der Waals surface area contributed by atoms with Crippen LogP contribution in [0.3, 0.4) is 0 Å². The summed E-state index contributed by atoms with van der Waals surface area (Å²) in [5.41, 5.74) is 8.16. The van der Waals surface area contributed by atoms with E-state index in [1.54, 1.807) is 17.1 Å². The van der Waals surface area contributed by atoms with Gasteiger partial charge in [-0.15, -0.1) is 0 Å². The maximum Gasteiger partial charge on any atom is 0.145 e. The molecule has 1 fully saturated rings. The third-order valence-electron chi connectivity index (χ3n) is 3.44. The smallest absolute Gasteiger partial charge is 0.145 e. The van der Waals surface area contributed by atoms with Crippen molar-refractivity contribution in [3.05, 3.63) is 35.8 Å². The molecule has 0 bridgehead atoms. The van der Waals surface area contributed by atoms with Gasteiger partial charge in [0.1, 0.15) is 17.5 Å². The lowest BCUT2D eigenvalue weighted by Gasteiger charge is -2.23. The summed E-state index contributed by atoms with van der Waals surface area (Å²) in [6.07, 6.45) is 6.78. The van der Waals surface area contributed by atoms with Gasteiger partial charge in [0.05, 0.1) is 17.6 Å². The van der Waals surface area contributed by atoms with Gasteiger partial charge in [-0.25, -0.2) is 4.68 Å². The second-order valence-electron chi connectivity index (χ2n) is 4.51. The van der Waals surface area contributed by atoms with Crippen molar-refractivity contribution in [3.63, 3.8) is 0 Å². The number of anilines is 1. The summed E-state index contributed by atoms with van der Waals surface area (Å²) in [5, 5.41) is 13.7. The molecular weight excluding hydrogens is 226 g/mol. The molecule has 0 atom stereocenters. The summed E-state index contributed by atoms with van der Waals surface area (Å²) in [4.78, 5) is 4.05. The van der Waals surface area contributed by atoms with Crippen molar-refractivity contribution in [3.8, 4) is 11.8 Å². The lowest BCUT2D eigenvalue weighted by Crippen LogP contribution is -2.11. The molecular formula is C13H13N5. The molecule has 1 aliphatic carbocycles. The number of nitrogens with zero attached hydrogens (tertiary/aromatic N) is 4. The number of hydrogen-bond acceptors (Lipinski definition) is 4. The van der Waals surface area contributed by atoms with Crippen LogP contribution < -0.4 is 5.73 Å². The normalized spacial score (nSPS) is 15.1. The second kappa shape index (κ2) is 4.15. The number of aromatic nitrogens is 3. The van der Waals surface area contributed by atoms with Crippen LogP contribution >= 0.6 is 0 Å². The standard InChI is InChI=1S/C13H13N5/c14-7-11-12(9-3-1-4-9)17-18(13(11)15)10-5-2-6-16-8-10/h2,5-6,8-9H,1,3-4,15H2. The lowest BCUT2D eigenvalue weighted by molar-refractivity contribution is 0.408. The summed E-state index contributed by atoms with van der Waals surface area (Å²) in [5.74, 6) is 0.798. The molecule has 0 radical (unpaired) electrons. The fraction of sp³-hybridized carbons (Fsp3) is 0.308. The molecule has 1 aliphatic rings. The first kappa shape index (κ1) is 10.8. The zero-order chi connectivity index (χ0) is 12.5. The number of nitriles is 1. The zero-order valence-corrected chi connectivity index (χ0v) is 9.87. The van der Waals surface area contributed by atoms with Gasteiger partial charge in [0.2, 0.25) is 0 Å². The van der Waals surface area contributed by atoms with Gasteiger partial charge in [0.25, 0.3) is 0 Å². The van der Waals surface area contributed by atoms with Crippen molar-refractivity contribution in [2.45, 2.75) is 25.2 Å². The molecule has 0 spiro atoms. The molecule has 3 rings (SSSR count). The van der Waals surface area contributed by atoms with E-state index in [0.717, 1.165) is 24.2 Å². The summed E-state index contributed by atoms with van der Waals surface area (Å²) < 4.78 is 1.61. The van der Waals surface area contributed by atoms with Crippen molar-refractivity contribution in [1.82, 2.24) is 14.8 Å². The van der Waals surface area contributed by atoms with E-state index in [9.17, 15) is 5.26 Å². The number of nitrogen functional groups attached to an aromatic ring is 1. The zero-order valence-electron chi connectivity index (χ0n) is 9.87. The molecule has 5 heteroatoms. The molecule has 2 heterocycles. The van der Waals surface area contributed by atoms with E-state index in [2.05, 4.69) is 16.2 Å². The predicted molar refractivity (Wildman–Crippen MR) is 67.1 cm³/mol. The van der Waals surface area contributed by atoms with Crippen LogP contribution in [-0.4, -0.2) is 14.8 Å². The van der Waals surface area contributed by atoms with E-state index in [-0.39, 0.29) is 0 Å². The Morgan fingerprint density at radius 1 is 1.44 bits per heavy atom. The lowest BCUT2D eigenvalue weighted by atomic mass is 9.82. The van der Waals surface area contributed by atoms with E-state index in [1.807, 2.05) is 12.1 Å². The third-order valence-corrected chi connectivity index (χ3v) is 3.44. The number of nitrogens with two attached hydrogens (primary N) is 1. The van der Waals surface area contributed by atoms with Crippen molar-refractivity contribution in [2.75, 3.05) is 5.73 Å². The molecule has 0 amide bonds. The average Bonchev–Trinajstić information content (AvgIpc) is 2.65. The molecule has 5 nitrogen and oxygen atoms in total. The minimum Gasteiger partial charge on any atom is -0.382 e. The van der Waals surface area contributed by atoms with Crippen LogP contribution in [0.2, 0.25) is 0 Å². The van der Waals surface area contributed by atoms with Crippen LogP contribution in [0.25, 0.3) is 5.69 Å². The second-order valence-corrected chi connectivity index (χ2v) is 4.51. The largest absolute Gasteiger partial charge is 0.382 e. The van der Waals surface area contributed by atoms with Crippen molar-refractivity contribution >= 4 is 5.82 Å². The predicted octanol–water partition coefficient (Wildman–Crippen LogP) is 1.99. The molecule has 90 valence electrons. The number of hydrogen-bond donors (Lipinski definition) is 1. The van der Waals surface area contributed by atoms with E-state index in [4.69, 9.17) is 5.73 Å². The summed E-state index contributed by atoms with van der Waals surface area (Å²) in [7, 11) is 0. The van der Waals surface area contributed by atoms with Gasteiger partial charge in [0.15, 0.2) is 0 Å². The highest BCUT2D eigenvalue weighted by Gasteiger charge is 2.28. The Morgan fingerprint density at radius 3 is 2.83 bits per heavy atom. The van der Waals surface area contributed by atoms with Crippen LogP contribution in [0.15, 0.2) is 24.5 Å². The maximum absolute atomic E-state index is 9.23. The van der Waals surface area contributed by atoms with Crippen LogP contribution in [-0.2, 0) is 0 Å². The Hall–Kier alpha value is -2.35. The van der Waals surface area contributed by atoms with Crippen molar-refractivity contribution in [2.24, 2.45) is 0 Å². The minimum atomic E-state index is 0.389. The first-order valence-corrected chi connectivity index (χ1v) is 6.00. The van der Waals surface area contributed by atoms with Gasteiger partial charge in [0, 0.05) is 12.1 Å². The summed E-state index contributed by atoms with van der Waals surface area (Å²) >= 11 is 0. The van der Waals surface area contributed by atoms with Gasteiger partial charge >= 0.3 is 0 Å². The van der Waals surface area contributed by atoms with E-state index in [0.29, 0.717) is 17.3 Å². The maximum atomic E-state index is 9.23. The van der Waals surface area contributed by atoms with Crippen molar-refractivity contribution in [1.29, 1.82) is 5.26 Å². The molecule has 1 saturated carbocycles. The van der Waals surface area contributed by atoms with Gasteiger partial charge in [-0.05, 0) is 25.0 Å². The van der Waals surface area contributed by atoms with Gasteiger partial charge in [-0.2, -0.15) is 10.4 Å². The Morgan fingerprint density at radius 2 is 2.28 bits per heavy atom. The summed E-state index contributed by atoms with van der Waals surface area (Å²) in [6.45, 7) is 0. The molecule has 2 aromatic rings. The topological polar surface area (TPSA) is 80.5 Å². The van der Waals surface area contributed by atoms with E-state index in [1.165, 1.54) is 6.42 Å². The van der Waals surface area contributed by atoms with E-state index < -0.39 is 0 Å². The Kier molecular flexibility index (Phi) is 2.49. The Balaban J connectivity index is 2.11. The molecule has 0 aromatic carbocycles. The highest BCUT2D eigenvalue weighted by Crippen LogP contribution is 2.38. The highest BCUT2D eigenvalue weighted by atomic mass is 15.3. The van der Waals surface area contributed by atoms with E-state index >= 15 is 0 Å². The monoisotopic (exact) mass is 239 g/mol. The summed E-state index contributed by atoms with van der Waals surface area (Å²) in [6, 6.07) is 5.88. The van der Waals surface area contributed by atoms with Gasteiger partial charge in [-0.3, -0.25) is 4.98 Å².